The zero-order chi connectivity index (χ0) is 13.9. The smallest absolute Gasteiger partial charge is 0.0256 e. The molecule has 0 atom stereocenters. The van der Waals surface area contributed by atoms with Crippen LogP contribution in [0.4, 0.5) is 0 Å². The highest BCUT2D eigenvalue weighted by Crippen LogP contribution is 2.35. The van der Waals surface area contributed by atoms with E-state index in [0.717, 1.165) is 17.5 Å². The van der Waals surface area contributed by atoms with Crippen LogP contribution in [-0.4, -0.2) is 6.21 Å². The summed E-state index contributed by atoms with van der Waals surface area (Å²) >= 11 is 0. The number of benzene rings is 2. The van der Waals surface area contributed by atoms with Gasteiger partial charge in [-0.1, -0.05) is 66.3 Å². The van der Waals surface area contributed by atoms with Gasteiger partial charge in [-0.3, -0.25) is 0 Å². The molecule has 1 N–H and O–H groups in total. The van der Waals surface area contributed by atoms with Crippen LogP contribution in [0.3, 0.4) is 0 Å². The highest BCUT2D eigenvalue weighted by Gasteiger charge is 2.13. The zero-order valence-electron chi connectivity index (χ0n) is 11.6. The first-order valence-corrected chi connectivity index (χ1v) is 6.86. The van der Waals surface area contributed by atoms with Crippen LogP contribution < -0.4 is 0 Å². The fraction of sp³-hybridized carbons (Fsp3) is 0.105. The van der Waals surface area contributed by atoms with Crippen molar-refractivity contribution in [3.63, 3.8) is 0 Å². The van der Waals surface area contributed by atoms with Crippen molar-refractivity contribution in [3.05, 3.63) is 77.4 Å². The molecule has 0 saturated heterocycles. The largest absolute Gasteiger partial charge is 0.308 e. The van der Waals surface area contributed by atoms with Gasteiger partial charge in [0, 0.05) is 6.21 Å². The summed E-state index contributed by atoms with van der Waals surface area (Å²) in [6.07, 6.45) is 6.94. The van der Waals surface area contributed by atoms with Crippen LogP contribution in [0.5, 0.6) is 0 Å². The minimum Gasteiger partial charge on any atom is -0.308 e. The van der Waals surface area contributed by atoms with Gasteiger partial charge in [0.15, 0.2) is 0 Å². The van der Waals surface area contributed by atoms with Crippen molar-refractivity contribution in [1.29, 1.82) is 5.41 Å². The molecule has 3 rings (SSSR count). The predicted molar refractivity (Wildman–Crippen MR) is 86.1 cm³/mol. The van der Waals surface area contributed by atoms with Crippen molar-refractivity contribution < 1.29 is 0 Å². The average Bonchev–Trinajstić information content (AvgIpc) is 2.93. The van der Waals surface area contributed by atoms with Crippen molar-refractivity contribution in [3.8, 4) is 11.1 Å². The third kappa shape index (κ3) is 2.23. The number of allylic oxidation sites excluding steroid dienone is 4. The molecule has 1 aliphatic rings. The van der Waals surface area contributed by atoms with Crippen molar-refractivity contribution in [2.24, 2.45) is 0 Å². The SMILES string of the molecule is CC1=CCC(c2ccccc2-c2ccccc2C=N)=C1. The summed E-state index contributed by atoms with van der Waals surface area (Å²) in [6.45, 7) is 2.14. The predicted octanol–water partition coefficient (Wildman–Crippen LogP) is 5.08. The first-order chi connectivity index (χ1) is 9.79. The van der Waals surface area contributed by atoms with E-state index in [-0.39, 0.29) is 0 Å². The Morgan fingerprint density at radius 2 is 1.55 bits per heavy atom. The van der Waals surface area contributed by atoms with Gasteiger partial charge < -0.3 is 5.41 Å². The molecular formula is C19H17N. The summed E-state index contributed by atoms with van der Waals surface area (Å²) in [5.41, 5.74) is 7.26. The van der Waals surface area contributed by atoms with E-state index >= 15 is 0 Å². The Hall–Kier alpha value is -2.41. The van der Waals surface area contributed by atoms with E-state index in [1.54, 1.807) is 0 Å². The van der Waals surface area contributed by atoms with E-state index in [9.17, 15) is 0 Å². The van der Waals surface area contributed by atoms with Crippen LogP contribution in [-0.2, 0) is 0 Å². The van der Waals surface area contributed by atoms with Gasteiger partial charge in [-0.15, -0.1) is 0 Å². The molecule has 2 aromatic carbocycles. The summed E-state index contributed by atoms with van der Waals surface area (Å²) < 4.78 is 0. The molecule has 0 bridgehead atoms. The lowest BCUT2D eigenvalue weighted by atomic mass is 9.91. The molecule has 0 amide bonds. The Bertz CT molecular complexity index is 720. The highest BCUT2D eigenvalue weighted by molar-refractivity contribution is 5.93. The summed E-state index contributed by atoms with van der Waals surface area (Å²) in [4.78, 5) is 0. The van der Waals surface area contributed by atoms with E-state index in [4.69, 9.17) is 5.41 Å². The number of hydrogen-bond donors (Lipinski definition) is 1. The Morgan fingerprint density at radius 3 is 2.20 bits per heavy atom. The molecule has 0 heterocycles. The monoisotopic (exact) mass is 259 g/mol. The minimum absolute atomic E-state index is 0.961. The average molecular weight is 259 g/mol. The van der Waals surface area contributed by atoms with Crippen LogP contribution in [0, 0.1) is 5.41 Å². The second-order valence-electron chi connectivity index (χ2n) is 5.10. The van der Waals surface area contributed by atoms with E-state index < -0.39 is 0 Å². The van der Waals surface area contributed by atoms with Gasteiger partial charge in [0.05, 0.1) is 0 Å². The Morgan fingerprint density at radius 1 is 0.900 bits per heavy atom. The van der Waals surface area contributed by atoms with Gasteiger partial charge in [-0.2, -0.15) is 0 Å². The van der Waals surface area contributed by atoms with Gasteiger partial charge in [0.2, 0.25) is 0 Å². The van der Waals surface area contributed by atoms with E-state index in [1.165, 1.54) is 28.5 Å². The maximum Gasteiger partial charge on any atom is 0.0256 e. The second-order valence-corrected chi connectivity index (χ2v) is 5.10. The molecule has 20 heavy (non-hydrogen) atoms. The van der Waals surface area contributed by atoms with Gasteiger partial charge in [-0.05, 0) is 41.2 Å². The third-order valence-electron chi connectivity index (χ3n) is 3.73. The summed E-state index contributed by atoms with van der Waals surface area (Å²) in [5.74, 6) is 0. The van der Waals surface area contributed by atoms with Crippen LogP contribution in [0.25, 0.3) is 16.7 Å². The first kappa shape index (κ1) is 12.6. The van der Waals surface area contributed by atoms with Crippen LogP contribution in [0.15, 0.2) is 66.3 Å². The molecule has 0 unspecified atom stereocenters. The minimum atomic E-state index is 0.961. The maximum atomic E-state index is 7.60. The lowest BCUT2D eigenvalue weighted by Crippen LogP contribution is -1.92. The summed E-state index contributed by atoms with van der Waals surface area (Å²) in [5, 5.41) is 7.60. The van der Waals surface area contributed by atoms with Crippen LogP contribution >= 0.6 is 0 Å². The van der Waals surface area contributed by atoms with Crippen molar-refractivity contribution in [2.75, 3.05) is 0 Å². The molecule has 98 valence electrons. The fourth-order valence-electron chi connectivity index (χ4n) is 2.72. The lowest BCUT2D eigenvalue weighted by molar-refractivity contribution is 1.41. The van der Waals surface area contributed by atoms with Gasteiger partial charge >= 0.3 is 0 Å². The molecule has 0 spiro atoms. The molecule has 1 heteroatoms. The standard InChI is InChI=1S/C19H17N/c1-14-10-11-15(12-14)17-7-4-5-9-19(17)18-8-3-2-6-16(18)13-20/h2-10,12-13,20H,11H2,1H3. The van der Waals surface area contributed by atoms with Gasteiger partial charge in [0.25, 0.3) is 0 Å². The van der Waals surface area contributed by atoms with E-state index in [0.29, 0.717) is 0 Å². The Labute approximate surface area is 119 Å². The van der Waals surface area contributed by atoms with Crippen molar-refractivity contribution in [2.45, 2.75) is 13.3 Å². The molecule has 0 radical (unpaired) electrons. The lowest BCUT2D eigenvalue weighted by Gasteiger charge is -2.12. The third-order valence-corrected chi connectivity index (χ3v) is 3.73. The van der Waals surface area contributed by atoms with E-state index in [2.05, 4.69) is 49.4 Å². The molecular weight excluding hydrogens is 242 g/mol. The van der Waals surface area contributed by atoms with Crippen LogP contribution in [0.1, 0.15) is 24.5 Å². The fourth-order valence-corrected chi connectivity index (χ4v) is 2.72. The molecule has 0 fully saturated rings. The summed E-state index contributed by atoms with van der Waals surface area (Å²) in [7, 11) is 0. The van der Waals surface area contributed by atoms with Crippen LogP contribution in [0.2, 0.25) is 0 Å². The number of rotatable bonds is 3. The topological polar surface area (TPSA) is 23.9 Å². The first-order valence-electron chi connectivity index (χ1n) is 6.86. The van der Waals surface area contributed by atoms with Crippen molar-refractivity contribution in [1.82, 2.24) is 0 Å². The molecule has 0 aromatic heterocycles. The molecule has 1 aliphatic carbocycles. The second kappa shape index (κ2) is 5.30. The van der Waals surface area contributed by atoms with Gasteiger partial charge in [-0.25, -0.2) is 0 Å². The summed E-state index contributed by atoms with van der Waals surface area (Å²) in [6, 6.07) is 16.6. The molecule has 0 aliphatic heterocycles. The highest BCUT2D eigenvalue weighted by atomic mass is 14.3. The van der Waals surface area contributed by atoms with Gasteiger partial charge in [0.1, 0.15) is 0 Å². The molecule has 2 aromatic rings. The normalized spacial score (nSPS) is 13.8. The molecule has 0 saturated carbocycles. The number of nitrogens with one attached hydrogen (secondary N) is 1. The zero-order valence-corrected chi connectivity index (χ0v) is 11.6. The number of hydrogen-bond acceptors (Lipinski definition) is 1. The van der Waals surface area contributed by atoms with E-state index in [1.807, 2.05) is 18.2 Å². The Balaban J connectivity index is 2.16. The maximum absolute atomic E-state index is 7.60. The molecule has 1 nitrogen and oxygen atoms in total. The Kier molecular flexibility index (Phi) is 3.34. The quantitative estimate of drug-likeness (QED) is 0.743. The van der Waals surface area contributed by atoms with Crippen molar-refractivity contribution >= 4 is 11.8 Å².